The Labute approximate surface area is 119 Å². The number of imidazole rings is 1. The lowest BCUT2D eigenvalue weighted by Crippen LogP contribution is -2.66. The number of nitrogens with one attached hydrogen (secondary N) is 1. The molecule has 0 aliphatic carbocycles. The van der Waals surface area contributed by atoms with Crippen molar-refractivity contribution in [3.8, 4) is 0 Å². The van der Waals surface area contributed by atoms with Crippen molar-refractivity contribution in [1.29, 1.82) is 0 Å². The maximum atomic E-state index is 12.2. The number of carbonyl (C=O) groups excluding carboxylic acids is 2. The summed E-state index contributed by atoms with van der Waals surface area (Å²) in [5.41, 5.74) is -0.676. The van der Waals surface area contributed by atoms with Crippen LogP contribution in [0.3, 0.4) is 0 Å². The van der Waals surface area contributed by atoms with Crippen molar-refractivity contribution in [2.45, 2.75) is 45.2 Å². The maximum absolute atomic E-state index is 12.2. The Bertz CT molecular complexity index is 466. The molecule has 20 heavy (non-hydrogen) atoms. The molecule has 0 bridgehead atoms. The number of nitrogens with zero attached hydrogens (tertiary/aromatic N) is 3. The number of carbonyl (C=O) groups is 2. The van der Waals surface area contributed by atoms with Gasteiger partial charge in [-0.1, -0.05) is 13.8 Å². The molecule has 6 heteroatoms. The van der Waals surface area contributed by atoms with E-state index >= 15 is 0 Å². The molecule has 1 saturated heterocycles. The van der Waals surface area contributed by atoms with Gasteiger partial charge in [0.2, 0.25) is 11.8 Å². The molecule has 110 valence electrons. The Hall–Kier alpha value is -1.85. The third-order valence-electron chi connectivity index (χ3n) is 4.17. The molecule has 0 radical (unpaired) electrons. The molecule has 0 saturated carbocycles. The van der Waals surface area contributed by atoms with Crippen LogP contribution in [0.5, 0.6) is 0 Å². The number of hydrogen-bond acceptors (Lipinski definition) is 3. The second-order valence-electron chi connectivity index (χ2n) is 5.12. The Kier molecular flexibility index (Phi) is 4.42. The molecule has 2 heterocycles. The summed E-state index contributed by atoms with van der Waals surface area (Å²) < 4.78 is 1.98. The van der Waals surface area contributed by atoms with Gasteiger partial charge >= 0.3 is 0 Å². The van der Waals surface area contributed by atoms with Crippen molar-refractivity contribution in [1.82, 2.24) is 19.8 Å². The van der Waals surface area contributed by atoms with Gasteiger partial charge in [0, 0.05) is 25.5 Å². The van der Waals surface area contributed by atoms with Crippen LogP contribution in [0.1, 0.15) is 33.1 Å². The number of piperazine rings is 1. The first-order valence-electron chi connectivity index (χ1n) is 7.18. The highest BCUT2D eigenvalue weighted by molar-refractivity contribution is 5.97. The highest BCUT2D eigenvalue weighted by Gasteiger charge is 2.46. The number of rotatable bonds is 6. The van der Waals surface area contributed by atoms with E-state index in [-0.39, 0.29) is 18.4 Å². The average molecular weight is 278 g/mol. The van der Waals surface area contributed by atoms with Crippen molar-refractivity contribution < 1.29 is 9.59 Å². The average Bonchev–Trinajstić information content (AvgIpc) is 2.96. The van der Waals surface area contributed by atoms with Gasteiger partial charge in [0.05, 0.1) is 12.9 Å². The quantitative estimate of drug-likeness (QED) is 0.836. The first-order valence-corrected chi connectivity index (χ1v) is 7.18. The summed E-state index contributed by atoms with van der Waals surface area (Å²) in [5, 5.41) is 2.71. The molecule has 1 N–H and O–H groups in total. The zero-order chi connectivity index (χ0) is 14.6. The van der Waals surface area contributed by atoms with Crippen LogP contribution in [0.4, 0.5) is 0 Å². The Morgan fingerprint density at radius 2 is 2.05 bits per heavy atom. The van der Waals surface area contributed by atoms with Gasteiger partial charge in [0.25, 0.3) is 0 Å². The van der Waals surface area contributed by atoms with Crippen LogP contribution in [0.2, 0.25) is 0 Å². The summed E-state index contributed by atoms with van der Waals surface area (Å²) in [7, 11) is 0. The number of hydrogen-bond donors (Lipinski definition) is 1. The molecule has 1 aliphatic rings. The fourth-order valence-corrected chi connectivity index (χ4v) is 2.90. The topological polar surface area (TPSA) is 67.2 Å². The van der Waals surface area contributed by atoms with Crippen LogP contribution in [-0.4, -0.2) is 44.9 Å². The fraction of sp³-hybridized carbons (Fsp3) is 0.643. The molecule has 6 nitrogen and oxygen atoms in total. The Balaban J connectivity index is 2.04. The molecule has 2 rings (SSSR count). The van der Waals surface area contributed by atoms with Crippen LogP contribution in [0.15, 0.2) is 18.7 Å². The van der Waals surface area contributed by atoms with E-state index in [1.807, 2.05) is 24.6 Å². The second kappa shape index (κ2) is 6.07. The van der Waals surface area contributed by atoms with Crippen molar-refractivity contribution in [2.75, 3.05) is 13.1 Å². The minimum Gasteiger partial charge on any atom is -0.345 e. The van der Waals surface area contributed by atoms with Crippen LogP contribution in [0.25, 0.3) is 0 Å². The molecule has 0 atom stereocenters. The summed E-state index contributed by atoms with van der Waals surface area (Å²) in [5.74, 6) is -0.0105. The molecule has 1 aliphatic heterocycles. The van der Waals surface area contributed by atoms with Crippen molar-refractivity contribution in [3.63, 3.8) is 0 Å². The fourth-order valence-electron chi connectivity index (χ4n) is 2.90. The van der Waals surface area contributed by atoms with Gasteiger partial charge in [-0.25, -0.2) is 4.98 Å². The van der Waals surface area contributed by atoms with Gasteiger partial charge in [0.15, 0.2) is 0 Å². The Morgan fingerprint density at radius 3 is 2.65 bits per heavy atom. The van der Waals surface area contributed by atoms with E-state index in [1.165, 1.54) is 0 Å². The van der Waals surface area contributed by atoms with Gasteiger partial charge in [-0.15, -0.1) is 0 Å². The summed E-state index contributed by atoms with van der Waals surface area (Å²) in [6.45, 7) is 5.45. The number of amides is 2. The van der Waals surface area contributed by atoms with Gasteiger partial charge in [-0.05, 0) is 19.3 Å². The smallest absolute Gasteiger partial charge is 0.246 e. The standard InChI is InChI=1S/C14H22N4O2/c1-3-14(4-2)13(20)16-10-12(19)18(14)8-5-7-17-9-6-15-11-17/h6,9,11H,3-5,7-8,10H2,1-2H3,(H,16,20). The number of aromatic nitrogens is 2. The lowest BCUT2D eigenvalue weighted by Gasteiger charge is -2.45. The van der Waals surface area contributed by atoms with E-state index in [1.54, 1.807) is 17.4 Å². The second-order valence-corrected chi connectivity index (χ2v) is 5.12. The van der Waals surface area contributed by atoms with Gasteiger partial charge < -0.3 is 14.8 Å². The third-order valence-corrected chi connectivity index (χ3v) is 4.17. The normalized spacial score (nSPS) is 18.2. The largest absolute Gasteiger partial charge is 0.345 e. The monoisotopic (exact) mass is 278 g/mol. The molecule has 2 amide bonds. The van der Waals surface area contributed by atoms with Gasteiger partial charge in [-0.3, -0.25) is 9.59 Å². The van der Waals surface area contributed by atoms with E-state index in [4.69, 9.17) is 0 Å². The molecule has 1 aromatic rings. The minimum atomic E-state index is -0.676. The van der Waals surface area contributed by atoms with Crippen LogP contribution in [-0.2, 0) is 16.1 Å². The number of aryl methyl sites for hydroxylation is 1. The van der Waals surface area contributed by atoms with Crippen LogP contribution in [0, 0.1) is 0 Å². The zero-order valence-corrected chi connectivity index (χ0v) is 12.1. The summed E-state index contributed by atoms with van der Waals surface area (Å²) in [6, 6.07) is 0. The van der Waals surface area contributed by atoms with E-state index in [9.17, 15) is 9.59 Å². The first kappa shape index (κ1) is 14.6. The van der Waals surface area contributed by atoms with Crippen LogP contribution >= 0.6 is 0 Å². The molecule has 0 spiro atoms. The van der Waals surface area contributed by atoms with Crippen molar-refractivity contribution in [2.24, 2.45) is 0 Å². The van der Waals surface area contributed by atoms with E-state index in [0.717, 1.165) is 13.0 Å². The van der Waals surface area contributed by atoms with Crippen molar-refractivity contribution in [3.05, 3.63) is 18.7 Å². The SMILES string of the molecule is CCC1(CC)C(=O)NCC(=O)N1CCCn1ccnc1. The van der Waals surface area contributed by atoms with Gasteiger partial charge in [-0.2, -0.15) is 0 Å². The highest BCUT2D eigenvalue weighted by Crippen LogP contribution is 2.27. The molecular formula is C14H22N4O2. The van der Waals surface area contributed by atoms with E-state index in [0.29, 0.717) is 19.4 Å². The molecule has 1 fully saturated rings. The summed E-state index contributed by atoms with van der Waals surface area (Å²) >= 11 is 0. The van der Waals surface area contributed by atoms with Crippen LogP contribution < -0.4 is 5.32 Å². The highest BCUT2D eigenvalue weighted by atomic mass is 16.2. The van der Waals surface area contributed by atoms with Crippen molar-refractivity contribution >= 4 is 11.8 Å². The molecule has 0 unspecified atom stereocenters. The maximum Gasteiger partial charge on any atom is 0.246 e. The zero-order valence-electron chi connectivity index (χ0n) is 12.1. The third kappa shape index (κ3) is 2.55. The summed E-state index contributed by atoms with van der Waals surface area (Å²) in [4.78, 5) is 30.1. The molecular weight excluding hydrogens is 256 g/mol. The predicted molar refractivity (Wildman–Crippen MR) is 74.9 cm³/mol. The lowest BCUT2D eigenvalue weighted by atomic mass is 9.87. The van der Waals surface area contributed by atoms with Gasteiger partial charge in [0.1, 0.15) is 5.54 Å². The minimum absolute atomic E-state index is 0.0129. The molecule has 0 aromatic carbocycles. The first-order chi connectivity index (χ1) is 9.64. The summed E-state index contributed by atoms with van der Waals surface area (Å²) in [6.07, 6.45) is 7.51. The Morgan fingerprint density at radius 1 is 1.30 bits per heavy atom. The lowest BCUT2D eigenvalue weighted by molar-refractivity contribution is -0.154. The predicted octanol–water partition coefficient (Wildman–Crippen LogP) is 0.790. The van der Waals surface area contributed by atoms with E-state index in [2.05, 4.69) is 10.3 Å². The van der Waals surface area contributed by atoms with E-state index < -0.39 is 5.54 Å². The molecule has 1 aromatic heterocycles.